The van der Waals surface area contributed by atoms with Gasteiger partial charge in [0.2, 0.25) is 11.5 Å². The van der Waals surface area contributed by atoms with Crippen molar-refractivity contribution in [2.45, 2.75) is 6.04 Å². The molecule has 9 nitrogen and oxygen atoms in total. The van der Waals surface area contributed by atoms with Crippen LogP contribution >= 0.6 is 0 Å². The van der Waals surface area contributed by atoms with Gasteiger partial charge in [0.05, 0.1) is 53.7 Å². The van der Waals surface area contributed by atoms with Gasteiger partial charge < -0.3 is 33.9 Å². The number of morpholine rings is 1. The third-order valence-electron chi connectivity index (χ3n) is 6.47. The van der Waals surface area contributed by atoms with Crippen LogP contribution in [0.25, 0.3) is 5.76 Å². The predicted octanol–water partition coefficient (Wildman–Crippen LogP) is -0.148. The molecule has 186 valence electrons. The van der Waals surface area contributed by atoms with Crippen LogP contribution in [0.3, 0.4) is 0 Å². The van der Waals surface area contributed by atoms with Crippen molar-refractivity contribution >= 4 is 17.4 Å². The first kappa shape index (κ1) is 24.6. The first-order valence-electron chi connectivity index (χ1n) is 11.5. The number of hydrogen-bond donors (Lipinski definition) is 1. The van der Waals surface area contributed by atoms with Gasteiger partial charge in [-0.3, -0.25) is 9.59 Å². The highest BCUT2D eigenvalue weighted by atomic mass is 16.5. The highest BCUT2D eigenvalue weighted by molar-refractivity contribution is 6.46. The van der Waals surface area contributed by atoms with E-state index in [9.17, 15) is 14.7 Å². The molecule has 0 aliphatic carbocycles. The number of methoxy groups -OCH3 is 3. The molecular formula is C26H30N2O7. The van der Waals surface area contributed by atoms with Gasteiger partial charge in [-0.25, -0.2) is 0 Å². The molecule has 4 rings (SSSR count). The molecule has 2 aliphatic heterocycles. The lowest BCUT2D eigenvalue weighted by molar-refractivity contribution is -0.907. The zero-order valence-corrected chi connectivity index (χ0v) is 20.2. The molecule has 1 unspecified atom stereocenters. The summed E-state index contributed by atoms with van der Waals surface area (Å²) < 4.78 is 21.9. The fourth-order valence-corrected chi connectivity index (χ4v) is 4.64. The molecule has 1 N–H and O–H groups in total. The van der Waals surface area contributed by atoms with Gasteiger partial charge in [-0.2, -0.15) is 0 Å². The Morgan fingerprint density at radius 2 is 1.66 bits per heavy atom. The lowest BCUT2D eigenvalue weighted by Gasteiger charge is -2.30. The molecule has 0 saturated carbocycles. The summed E-state index contributed by atoms with van der Waals surface area (Å²) in [4.78, 5) is 29.2. The third kappa shape index (κ3) is 4.82. The Morgan fingerprint density at radius 1 is 1.03 bits per heavy atom. The van der Waals surface area contributed by atoms with E-state index in [0.29, 0.717) is 54.7 Å². The Hall–Kier alpha value is -3.56. The van der Waals surface area contributed by atoms with E-state index in [1.807, 2.05) is 0 Å². The number of rotatable bonds is 8. The molecular weight excluding hydrogens is 452 g/mol. The van der Waals surface area contributed by atoms with Crippen LogP contribution in [0.1, 0.15) is 17.2 Å². The number of carbonyl (C=O) groups is 2. The van der Waals surface area contributed by atoms with Gasteiger partial charge in [0.15, 0.2) is 11.5 Å². The number of benzene rings is 2. The maximum absolute atomic E-state index is 13.5. The summed E-state index contributed by atoms with van der Waals surface area (Å²) in [7, 11) is 4.48. The van der Waals surface area contributed by atoms with E-state index in [4.69, 9.17) is 18.9 Å². The Bertz CT molecular complexity index is 1080. The average Bonchev–Trinajstić information content (AvgIpc) is 3.16. The van der Waals surface area contributed by atoms with E-state index in [1.165, 1.54) is 31.1 Å². The molecule has 0 spiro atoms. The number of ketones is 1. The maximum atomic E-state index is 13.5. The third-order valence-corrected chi connectivity index (χ3v) is 6.47. The van der Waals surface area contributed by atoms with Crippen molar-refractivity contribution in [3.63, 3.8) is 0 Å². The van der Waals surface area contributed by atoms with Gasteiger partial charge in [-0.05, 0) is 23.3 Å². The fraction of sp³-hybridized carbons (Fsp3) is 0.385. The topological polar surface area (TPSA) is 102 Å². The summed E-state index contributed by atoms with van der Waals surface area (Å²) in [6.07, 6.45) is 0. The summed E-state index contributed by atoms with van der Waals surface area (Å²) in [5, 5.41) is 13.5. The fourth-order valence-electron chi connectivity index (χ4n) is 4.64. The van der Waals surface area contributed by atoms with Crippen LogP contribution in [0.4, 0.5) is 0 Å². The molecule has 2 fully saturated rings. The van der Waals surface area contributed by atoms with Gasteiger partial charge >= 0.3 is 0 Å². The second-order valence-corrected chi connectivity index (χ2v) is 8.41. The summed E-state index contributed by atoms with van der Waals surface area (Å²) in [5.41, 5.74) is 0.809. The molecule has 2 aromatic carbocycles. The SMILES string of the molecule is COc1cc(C2/C(=C(\[O-])c3ccccc3)C(=O)C(=O)N2CC[NH+]2CCOCC2)cc(OC)c1OC. The lowest BCUT2D eigenvalue weighted by atomic mass is 9.94. The Balaban J connectivity index is 1.82. The van der Waals surface area contributed by atoms with Crippen molar-refractivity contribution in [1.29, 1.82) is 0 Å². The van der Waals surface area contributed by atoms with Crippen molar-refractivity contribution in [2.24, 2.45) is 0 Å². The van der Waals surface area contributed by atoms with Gasteiger partial charge in [0.1, 0.15) is 13.1 Å². The molecule has 2 saturated heterocycles. The van der Waals surface area contributed by atoms with E-state index < -0.39 is 23.5 Å². The molecule has 0 aromatic heterocycles. The van der Waals surface area contributed by atoms with E-state index >= 15 is 0 Å². The second kappa shape index (κ2) is 10.8. The average molecular weight is 483 g/mol. The summed E-state index contributed by atoms with van der Waals surface area (Å²) in [5.74, 6) is -0.804. The quantitative estimate of drug-likeness (QED) is 0.317. The molecule has 1 amide bonds. The highest BCUT2D eigenvalue weighted by Gasteiger charge is 2.45. The normalized spacial score (nSPS) is 20.2. The smallest absolute Gasteiger partial charge is 0.295 e. The van der Waals surface area contributed by atoms with Crippen molar-refractivity contribution in [3.8, 4) is 17.2 Å². The molecule has 2 aromatic rings. The number of quaternary nitrogens is 1. The molecule has 2 heterocycles. The van der Waals surface area contributed by atoms with E-state index in [1.54, 1.807) is 42.5 Å². The van der Waals surface area contributed by atoms with E-state index in [2.05, 4.69) is 0 Å². The predicted molar refractivity (Wildman–Crippen MR) is 125 cm³/mol. The van der Waals surface area contributed by atoms with E-state index in [0.717, 1.165) is 13.1 Å². The summed E-state index contributed by atoms with van der Waals surface area (Å²) in [6, 6.07) is 11.0. The number of likely N-dealkylation sites (tertiary alicyclic amines) is 1. The molecule has 9 heteroatoms. The summed E-state index contributed by atoms with van der Waals surface area (Å²) >= 11 is 0. The van der Waals surface area contributed by atoms with Crippen molar-refractivity contribution in [3.05, 3.63) is 59.2 Å². The highest BCUT2D eigenvalue weighted by Crippen LogP contribution is 2.45. The van der Waals surface area contributed by atoms with Crippen LogP contribution in [0, 0.1) is 0 Å². The van der Waals surface area contributed by atoms with Gasteiger partial charge in [-0.1, -0.05) is 36.1 Å². The minimum Gasteiger partial charge on any atom is -0.872 e. The van der Waals surface area contributed by atoms with E-state index in [-0.39, 0.29) is 5.57 Å². The maximum Gasteiger partial charge on any atom is 0.295 e. The molecule has 0 bridgehead atoms. The number of amides is 1. The zero-order chi connectivity index (χ0) is 24.9. The van der Waals surface area contributed by atoms with Crippen LogP contribution in [-0.2, 0) is 14.3 Å². The number of carbonyl (C=O) groups excluding carboxylic acids is 2. The molecule has 35 heavy (non-hydrogen) atoms. The molecule has 1 atom stereocenters. The van der Waals surface area contributed by atoms with Crippen LogP contribution in [-0.4, -0.2) is 77.3 Å². The Morgan fingerprint density at radius 3 is 2.23 bits per heavy atom. The minimum absolute atomic E-state index is 0.0764. The Kier molecular flexibility index (Phi) is 7.57. The van der Waals surface area contributed by atoms with Crippen LogP contribution in [0.5, 0.6) is 17.2 Å². The van der Waals surface area contributed by atoms with Crippen LogP contribution < -0.4 is 24.2 Å². The van der Waals surface area contributed by atoms with Gasteiger partial charge in [-0.15, -0.1) is 0 Å². The number of Topliss-reactive ketones (excluding diaryl/α,β-unsaturated/α-hetero) is 1. The lowest BCUT2D eigenvalue weighted by Crippen LogP contribution is -3.14. The first-order valence-corrected chi connectivity index (χ1v) is 11.5. The van der Waals surface area contributed by atoms with Crippen LogP contribution in [0.15, 0.2) is 48.0 Å². The van der Waals surface area contributed by atoms with Gasteiger partial charge in [0, 0.05) is 5.57 Å². The molecule has 0 radical (unpaired) electrons. The Labute approximate surface area is 204 Å². The standard InChI is InChI=1S/C26H30N2O7/c1-32-19-15-18(16-20(33-2)25(19)34-3)22-21(23(29)17-7-5-4-6-8-17)24(30)26(31)28(22)10-9-27-11-13-35-14-12-27/h4-8,15-16,22,29H,9-14H2,1-3H3/b23-21+. The summed E-state index contributed by atoms with van der Waals surface area (Å²) in [6.45, 7) is 3.91. The first-order chi connectivity index (χ1) is 17.0. The molecule has 2 aliphatic rings. The van der Waals surface area contributed by atoms with Crippen molar-refractivity contribution < 1.29 is 38.5 Å². The zero-order valence-electron chi connectivity index (χ0n) is 20.2. The van der Waals surface area contributed by atoms with Crippen molar-refractivity contribution in [2.75, 3.05) is 60.7 Å². The largest absolute Gasteiger partial charge is 0.872 e. The van der Waals surface area contributed by atoms with Crippen molar-refractivity contribution in [1.82, 2.24) is 4.90 Å². The number of nitrogens with one attached hydrogen (secondary N) is 1. The van der Waals surface area contributed by atoms with Gasteiger partial charge in [0.25, 0.3) is 5.91 Å². The number of nitrogens with zero attached hydrogens (tertiary/aromatic N) is 1. The minimum atomic E-state index is -0.878. The van der Waals surface area contributed by atoms with Crippen LogP contribution in [0.2, 0.25) is 0 Å². The number of hydrogen-bond acceptors (Lipinski definition) is 7. The number of ether oxygens (including phenoxy) is 4. The second-order valence-electron chi connectivity index (χ2n) is 8.41. The monoisotopic (exact) mass is 482 g/mol.